The molecule has 7 heteroatoms. The number of nitrogens with zero attached hydrogens (tertiary/aromatic N) is 5. The van der Waals surface area contributed by atoms with E-state index in [4.69, 9.17) is 9.47 Å². The molecule has 1 atom stereocenters. The number of anilines is 1. The van der Waals surface area contributed by atoms with Crippen molar-refractivity contribution >= 4 is 5.82 Å². The van der Waals surface area contributed by atoms with Crippen molar-refractivity contribution in [1.82, 2.24) is 19.7 Å². The van der Waals surface area contributed by atoms with E-state index >= 15 is 0 Å². The summed E-state index contributed by atoms with van der Waals surface area (Å²) in [6.07, 6.45) is 6.89. The second-order valence-corrected chi connectivity index (χ2v) is 5.56. The molecule has 1 aliphatic heterocycles. The Hall–Kier alpha value is -3.09. The molecule has 0 radical (unpaired) electrons. The number of hydrogen-bond acceptors (Lipinski definition) is 6. The Bertz CT molecular complexity index is 821. The van der Waals surface area contributed by atoms with Gasteiger partial charge in [0.2, 0.25) is 0 Å². The molecule has 0 N–H and O–H groups in total. The lowest BCUT2D eigenvalue weighted by molar-refractivity contribution is 0.0959. The molecule has 0 unspecified atom stereocenters. The SMILES string of the molecule is CN(C[C@H]1COc2ccccc2O1)c1cncc(-n2cccn2)n1. The van der Waals surface area contributed by atoms with Crippen molar-refractivity contribution in [3.8, 4) is 17.3 Å². The molecule has 0 fully saturated rings. The lowest BCUT2D eigenvalue weighted by atomic mass is 10.2. The maximum absolute atomic E-state index is 5.99. The van der Waals surface area contributed by atoms with Gasteiger partial charge in [-0.2, -0.15) is 5.10 Å². The fraction of sp³-hybridized carbons (Fsp3) is 0.235. The van der Waals surface area contributed by atoms with Crippen molar-refractivity contribution in [2.24, 2.45) is 0 Å². The van der Waals surface area contributed by atoms with Gasteiger partial charge >= 0.3 is 0 Å². The predicted octanol–water partition coefficient (Wildman–Crippen LogP) is 1.94. The highest BCUT2D eigenvalue weighted by molar-refractivity contribution is 5.42. The van der Waals surface area contributed by atoms with E-state index in [0.717, 1.165) is 17.3 Å². The van der Waals surface area contributed by atoms with Crippen LogP contribution in [0.25, 0.3) is 5.82 Å². The van der Waals surface area contributed by atoms with Gasteiger partial charge < -0.3 is 14.4 Å². The van der Waals surface area contributed by atoms with E-state index in [2.05, 4.69) is 15.1 Å². The second kappa shape index (κ2) is 6.19. The highest BCUT2D eigenvalue weighted by Gasteiger charge is 2.22. The Morgan fingerprint density at radius 2 is 2.08 bits per heavy atom. The number of para-hydroxylation sites is 2. The van der Waals surface area contributed by atoms with Crippen LogP contribution in [0.5, 0.6) is 11.5 Å². The summed E-state index contributed by atoms with van der Waals surface area (Å²) in [6.45, 7) is 1.15. The zero-order valence-electron chi connectivity index (χ0n) is 13.2. The van der Waals surface area contributed by atoms with Crippen LogP contribution < -0.4 is 14.4 Å². The number of benzene rings is 1. The molecule has 0 saturated carbocycles. The minimum Gasteiger partial charge on any atom is -0.486 e. The smallest absolute Gasteiger partial charge is 0.173 e. The number of likely N-dealkylation sites (N-methyl/N-ethyl adjacent to an activating group) is 1. The van der Waals surface area contributed by atoms with Crippen LogP contribution in [0.4, 0.5) is 5.82 Å². The van der Waals surface area contributed by atoms with Crippen LogP contribution >= 0.6 is 0 Å². The highest BCUT2D eigenvalue weighted by atomic mass is 16.6. The first kappa shape index (κ1) is 14.5. The zero-order chi connectivity index (χ0) is 16.4. The van der Waals surface area contributed by atoms with Gasteiger partial charge in [-0.1, -0.05) is 12.1 Å². The quantitative estimate of drug-likeness (QED) is 0.731. The molecule has 0 saturated heterocycles. The van der Waals surface area contributed by atoms with Crippen LogP contribution in [-0.4, -0.2) is 46.1 Å². The van der Waals surface area contributed by atoms with Gasteiger partial charge in [0.05, 0.1) is 18.9 Å². The number of aromatic nitrogens is 4. The minimum absolute atomic E-state index is 0.0694. The predicted molar refractivity (Wildman–Crippen MR) is 88.8 cm³/mol. The molecule has 3 aromatic rings. The first-order valence-electron chi connectivity index (χ1n) is 7.71. The highest BCUT2D eigenvalue weighted by Crippen LogP contribution is 2.31. The molecule has 3 heterocycles. The normalized spacial score (nSPS) is 16.0. The van der Waals surface area contributed by atoms with Crippen LogP contribution in [0.1, 0.15) is 0 Å². The van der Waals surface area contributed by atoms with Gasteiger partial charge in [-0.3, -0.25) is 4.98 Å². The lowest BCUT2D eigenvalue weighted by Gasteiger charge is -2.30. The van der Waals surface area contributed by atoms with Crippen LogP contribution in [0.15, 0.2) is 55.1 Å². The number of ether oxygens (including phenoxy) is 2. The number of rotatable bonds is 4. The molecule has 0 spiro atoms. The third kappa shape index (κ3) is 2.88. The Morgan fingerprint density at radius 3 is 2.92 bits per heavy atom. The standard InChI is InChI=1S/C17H17N5O2/c1-21(11-13-12-23-14-5-2-3-6-15(14)24-13)16-9-18-10-17(20-16)22-8-4-7-19-22/h2-10,13H,11-12H2,1H3/t13-/m0/s1. The van der Waals surface area contributed by atoms with E-state index in [1.54, 1.807) is 23.3 Å². The molecule has 7 nitrogen and oxygen atoms in total. The van der Waals surface area contributed by atoms with E-state index in [0.29, 0.717) is 19.0 Å². The molecular formula is C17H17N5O2. The first-order valence-corrected chi connectivity index (χ1v) is 7.71. The number of fused-ring (bicyclic) bond motifs is 1. The average Bonchev–Trinajstić information content (AvgIpc) is 3.16. The summed E-state index contributed by atoms with van der Waals surface area (Å²) >= 11 is 0. The largest absolute Gasteiger partial charge is 0.486 e. The lowest BCUT2D eigenvalue weighted by Crippen LogP contribution is -2.39. The summed E-state index contributed by atoms with van der Waals surface area (Å²) in [5.41, 5.74) is 0. The Morgan fingerprint density at radius 1 is 1.21 bits per heavy atom. The van der Waals surface area contributed by atoms with Crippen LogP contribution in [0.3, 0.4) is 0 Å². The van der Waals surface area contributed by atoms with Crippen molar-refractivity contribution in [2.45, 2.75) is 6.10 Å². The van der Waals surface area contributed by atoms with Crippen molar-refractivity contribution in [1.29, 1.82) is 0 Å². The van der Waals surface area contributed by atoms with Crippen LogP contribution in [0, 0.1) is 0 Å². The molecule has 1 aromatic carbocycles. The molecule has 0 aliphatic carbocycles. The maximum Gasteiger partial charge on any atom is 0.173 e. The summed E-state index contributed by atoms with van der Waals surface area (Å²) in [5.74, 6) is 3.00. The third-order valence-electron chi connectivity index (χ3n) is 3.78. The summed E-state index contributed by atoms with van der Waals surface area (Å²) in [4.78, 5) is 10.8. The van der Waals surface area contributed by atoms with Gasteiger partial charge in [-0.25, -0.2) is 9.67 Å². The Kier molecular flexibility index (Phi) is 3.74. The van der Waals surface area contributed by atoms with Gasteiger partial charge in [-0.05, 0) is 18.2 Å². The monoisotopic (exact) mass is 323 g/mol. The fourth-order valence-corrected chi connectivity index (χ4v) is 2.60. The molecule has 0 bridgehead atoms. The molecule has 1 aliphatic rings. The summed E-state index contributed by atoms with van der Waals surface area (Å²) in [7, 11) is 1.96. The van der Waals surface area contributed by atoms with Gasteiger partial charge in [0, 0.05) is 19.4 Å². The molecule has 122 valence electrons. The summed E-state index contributed by atoms with van der Waals surface area (Å²) in [5, 5.41) is 4.18. The van der Waals surface area contributed by atoms with Gasteiger partial charge in [-0.15, -0.1) is 0 Å². The summed E-state index contributed by atoms with van der Waals surface area (Å²) in [6, 6.07) is 9.55. The minimum atomic E-state index is -0.0694. The molecule has 2 aromatic heterocycles. The van der Waals surface area contributed by atoms with Gasteiger partial charge in [0.25, 0.3) is 0 Å². The topological polar surface area (TPSA) is 65.3 Å². The van der Waals surface area contributed by atoms with Crippen LogP contribution in [0.2, 0.25) is 0 Å². The maximum atomic E-state index is 5.99. The second-order valence-electron chi connectivity index (χ2n) is 5.56. The van der Waals surface area contributed by atoms with Crippen molar-refractivity contribution in [2.75, 3.05) is 25.1 Å². The van der Waals surface area contributed by atoms with Crippen molar-refractivity contribution < 1.29 is 9.47 Å². The molecular weight excluding hydrogens is 306 g/mol. The van der Waals surface area contributed by atoms with E-state index in [9.17, 15) is 0 Å². The fourth-order valence-electron chi connectivity index (χ4n) is 2.60. The zero-order valence-corrected chi connectivity index (χ0v) is 13.2. The Balaban J connectivity index is 1.47. The average molecular weight is 323 g/mol. The Labute approximate surface area is 139 Å². The van der Waals surface area contributed by atoms with E-state index in [1.807, 2.05) is 48.5 Å². The van der Waals surface area contributed by atoms with Crippen molar-refractivity contribution in [3.05, 3.63) is 55.1 Å². The summed E-state index contributed by atoms with van der Waals surface area (Å²) < 4.78 is 13.4. The molecule has 24 heavy (non-hydrogen) atoms. The van der Waals surface area contributed by atoms with E-state index in [-0.39, 0.29) is 6.10 Å². The first-order chi connectivity index (χ1) is 11.8. The molecule has 0 amide bonds. The van der Waals surface area contributed by atoms with E-state index < -0.39 is 0 Å². The van der Waals surface area contributed by atoms with E-state index in [1.165, 1.54) is 0 Å². The van der Waals surface area contributed by atoms with Crippen LogP contribution in [-0.2, 0) is 0 Å². The third-order valence-corrected chi connectivity index (χ3v) is 3.78. The van der Waals surface area contributed by atoms with Gasteiger partial charge in [0.15, 0.2) is 23.4 Å². The van der Waals surface area contributed by atoms with Gasteiger partial charge in [0.1, 0.15) is 12.4 Å². The number of hydrogen-bond donors (Lipinski definition) is 0. The van der Waals surface area contributed by atoms with Crippen molar-refractivity contribution in [3.63, 3.8) is 0 Å². The molecule has 4 rings (SSSR count).